The number of benzene rings is 1. The van der Waals surface area contributed by atoms with Gasteiger partial charge in [-0.1, -0.05) is 24.6 Å². The largest absolute Gasteiger partial charge is 0.361 e. The normalized spacial score (nSPS) is 22.7. The fourth-order valence-electron chi connectivity index (χ4n) is 3.78. The summed E-state index contributed by atoms with van der Waals surface area (Å²) in [5.74, 6) is 0.747. The Bertz CT molecular complexity index is 656. The van der Waals surface area contributed by atoms with E-state index in [4.69, 9.17) is 0 Å². The molecule has 110 valence electrons. The van der Waals surface area contributed by atoms with E-state index in [0.717, 1.165) is 38.6 Å². The zero-order valence-electron chi connectivity index (χ0n) is 12.3. The van der Waals surface area contributed by atoms with Crippen molar-refractivity contribution in [2.75, 3.05) is 6.54 Å². The van der Waals surface area contributed by atoms with Gasteiger partial charge in [0.2, 0.25) is 5.91 Å². The highest BCUT2D eigenvalue weighted by Crippen LogP contribution is 2.32. The maximum Gasteiger partial charge on any atom is 0.225 e. The lowest BCUT2D eigenvalue weighted by molar-refractivity contribution is -0.138. The molecule has 1 aliphatic heterocycles. The Balaban J connectivity index is 1.54. The second-order valence-corrected chi connectivity index (χ2v) is 6.52. The summed E-state index contributed by atoms with van der Waals surface area (Å²) in [4.78, 5) is 18.1. The van der Waals surface area contributed by atoms with Gasteiger partial charge >= 0.3 is 0 Å². The summed E-state index contributed by atoms with van der Waals surface area (Å²) in [6.45, 7) is 0.961. The molecule has 1 saturated carbocycles. The number of amides is 1. The Morgan fingerprint density at radius 2 is 2.05 bits per heavy atom. The first kappa shape index (κ1) is 12.9. The number of likely N-dealkylation sites (tertiary alicyclic amines) is 1. The van der Waals surface area contributed by atoms with Crippen molar-refractivity contribution in [2.24, 2.45) is 5.92 Å². The van der Waals surface area contributed by atoms with Crippen molar-refractivity contribution in [2.45, 2.75) is 44.6 Å². The van der Waals surface area contributed by atoms with Crippen LogP contribution < -0.4 is 0 Å². The van der Waals surface area contributed by atoms with Crippen molar-refractivity contribution < 1.29 is 4.79 Å². The molecule has 0 bridgehead atoms. The smallest absolute Gasteiger partial charge is 0.225 e. The Hall–Kier alpha value is -1.77. The van der Waals surface area contributed by atoms with Crippen LogP contribution in [-0.2, 0) is 11.2 Å². The predicted octanol–water partition coefficient (Wildman–Crippen LogP) is 3.50. The second kappa shape index (κ2) is 5.21. The molecule has 1 amide bonds. The molecule has 1 atom stereocenters. The Labute approximate surface area is 125 Å². The van der Waals surface area contributed by atoms with Crippen LogP contribution in [0.25, 0.3) is 10.9 Å². The molecule has 4 rings (SSSR count). The first-order valence-electron chi connectivity index (χ1n) is 8.18. The number of H-pyrrole nitrogens is 1. The fourth-order valence-corrected chi connectivity index (χ4v) is 3.78. The molecule has 1 saturated heterocycles. The number of rotatable bonds is 3. The van der Waals surface area contributed by atoms with Crippen LogP contribution in [0.5, 0.6) is 0 Å². The van der Waals surface area contributed by atoms with E-state index < -0.39 is 0 Å². The lowest BCUT2D eigenvalue weighted by Crippen LogP contribution is -2.42. The summed E-state index contributed by atoms with van der Waals surface area (Å²) >= 11 is 0. The molecule has 2 aromatic rings. The zero-order valence-corrected chi connectivity index (χ0v) is 12.3. The monoisotopic (exact) mass is 282 g/mol. The molecule has 0 spiro atoms. The first-order chi connectivity index (χ1) is 10.3. The molecule has 1 N–H and O–H groups in total. The molecular formula is C18H22N2O. The number of carbonyl (C=O) groups excluding carboxylic acids is 1. The number of para-hydroxylation sites is 1. The number of hydrogen-bond acceptors (Lipinski definition) is 1. The second-order valence-electron chi connectivity index (χ2n) is 6.52. The Kier molecular flexibility index (Phi) is 3.21. The third-order valence-electron chi connectivity index (χ3n) is 5.25. The minimum Gasteiger partial charge on any atom is -0.361 e. The van der Waals surface area contributed by atoms with Crippen molar-refractivity contribution in [3.8, 4) is 0 Å². The van der Waals surface area contributed by atoms with Crippen molar-refractivity contribution in [1.82, 2.24) is 9.88 Å². The van der Waals surface area contributed by atoms with Gasteiger partial charge in [-0.2, -0.15) is 0 Å². The molecule has 1 aromatic carbocycles. The highest BCUT2D eigenvalue weighted by molar-refractivity contribution is 5.83. The van der Waals surface area contributed by atoms with Gasteiger partial charge in [-0.3, -0.25) is 4.79 Å². The van der Waals surface area contributed by atoms with Crippen LogP contribution in [0.1, 0.15) is 37.7 Å². The Morgan fingerprint density at radius 1 is 1.19 bits per heavy atom. The summed E-state index contributed by atoms with van der Waals surface area (Å²) in [6.07, 6.45) is 8.86. The molecule has 21 heavy (non-hydrogen) atoms. The maximum absolute atomic E-state index is 12.5. The van der Waals surface area contributed by atoms with Crippen LogP contribution >= 0.6 is 0 Å². The van der Waals surface area contributed by atoms with E-state index in [1.807, 2.05) is 0 Å². The van der Waals surface area contributed by atoms with Gasteiger partial charge in [0.25, 0.3) is 0 Å². The molecular weight excluding hydrogens is 260 g/mol. The number of nitrogens with one attached hydrogen (secondary N) is 1. The number of aromatic nitrogens is 1. The predicted molar refractivity (Wildman–Crippen MR) is 84.1 cm³/mol. The highest BCUT2D eigenvalue weighted by Gasteiger charge is 2.35. The van der Waals surface area contributed by atoms with Gasteiger partial charge in [-0.05, 0) is 43.7 Å². The average molecular weight is 282 g/mol. The van der Waals surface area contributed by atoms with Gasteiger partial charge < -0.3 is 9.88 Å². The van der Waals surface area contributed by atoms with Gasteiger partial charge in [0, 0.05) is 35.6 Å². The van der Waals surface area contributed by atoms with E-state index in [2.05, 4.69) is 40.3 Å². The van der Waals surface area contributed by atoms with E-state index in [1.165, 1.54) is 22.9 Å². The minimum atomic E-state index is 0.327. The van der Waals surface area contributed by atoms with E-state index in [-0.39, 0.29) is 0 Å². The number of fused-ring (bicyclic) bond motifs is 1. The van der Waals surface area contributed by atoms with Crippen molar-refractivity contribution in [1.29, 1.82) is 0 Å². The minimum absolute atomic E-state index is 0.327. The molecule has 2 aliphatic rings. The lowest BCUT2D eigenvalue weighted by atomic mass is 9.84. The summed E-state index contributed by atoms with van der Waals surface area (Å²) < 4.78 is 0. The lowest BCUT2D eigenvalue weighted by Gasteiger charge is -2.32. The van der Waals surface area contributed by atoms with Crippen molar-refractivity contribution in [3.05, 3.63) is 36.0 Å². The van der Waals surface area contributed by atoms with Gasteiger partial charge in [0.15, 0.2) is 0 Å². The van der Waals surface area contributed by atoms with E-state index in [1.54, 1.807) is 0 Å². The number of carbonyl (C=O) groups is 1. The van der Waals surface area contributed by atoms with Crippen LogP contribution in [-0.4, -0.2) is 28.4 Å². The highest BCUT2D eigenvalue weighted by atomic mass is 16.2. The third kappa shape index (κ3) is 2.25. The topological polar surface area (TPSA) is 36.1 Å². The molecule has 3 nitrogen and oxygen atoms in total. The molecule has 3 heteroatoms. The average Bonchev–Trinajstić information content (AvgIpc) is 3.05. The van der Waals surface area contributed by atoms with Gasteiger partial charge in [-0.25, -0.2) is 0 Å². The van der Waals surface area contributed by atoms with Gasteiger partial charge in [0.05, 0.1) is 0 Å². The SMILES string of the molecule is O=C(C1CCC1)N1CCCC1Cc1c[nH]c2ccccc12. The fraction of sp³-hybridized carbons (Fsp3) is 0.500. The zero-order chi connectivity index (χ0) is 14.2. The standard InChI is InChI=1S/C18H22N2O/c21-18(13-5-3-6-13)20-10-4-7-15(20)11-14-12-19-17-9-2-1-8-16(14)17/h1-2,8-9,12-13,15,19H,3-7,10-11H2. The van der Waals surface area contributed by atoms with E-state index in [0.29, 0.717) is 17.9 Å². The number of hydrogen-bond donors (Lipinski definition) is 1. The Morgan fingerprint density at radius 3 is 2.86 bits per heavy atom. The first-order valence-corrected chi connectivity index (χ1v) is 8.18. The molecule has 2 heterocycles. The van der Waals surface area contributed by atoms with Crippen LogP contribution in [0.3, 0.4) is 0 Å². The molecule has 1 aliphatic carbocycles. The number of nitrogens with zero attached hydrogens (tertiary/aromatic N) is 1. The van der Waals surface area contributed by atoms with Crippen molar-refractivity contribution >= 4 is 16.8 Å². The number of aromatic amines is 1. The van der Waals surface area contributed by atoms with Crippen LogP contribution in [0.2, 0.25) is 0 Å². The summed E-state index contributed by atoms with van der Waals surface area (Å²) in [5.41, 5.74) is 2.55. The quantitative estimate of drug-likeness (QED) is 0.919. The van der Waals surface area contributed by atoms with E-state index in [9.17, 15) is 4.79 Å². The van der Waals surface area contributed by atoms with Gasteiger partial charge in [-0.15, -0.1) is 0 Å². The maximum atomic E-state index is 12.5. The van der Waals surface area contributed by atoms with E-state index >= 15 is 0 Å². The summed E-state index contributed by atoms with van der Waals surface area (Å²) in [6, 6.07) is 8.84. The summed E-state index contributed by atoms with van der Waals surface area (Å²) in [5, 5.41) is 1.31. The molecule has 1 unspecified atom stereocenters. The van der Waals surface area contributed by atoms with Gasteiger partial charge in [0.1, 0.15) is 0 Å². The van der Waals surface area contributed by atoms with Crippen LogP contribution in [0.4, 0.5) is 0 Å². The van der Waals surface area contributed by atoms with Crippen molar-refractivity contribution in [3.63, 3.8) is 0 Å². The van der Waals surface area contributed by atoms with Crippen LogP contribution in [0.15, 0.2) is 30.5 Å². The molecule has 1 aromatic heterocycles. The molecule has 2 fully saturated rings. The van der Waals surface area contributed by atoms with Crippen LogP contribution in [0, 0.1) is 5.92 Å². The third-order valence-corrected chi connectivity index (χ3v) is 5.25. The summed E-state index contributed by atoms with van der Waals surface area (Å²) in [7, 11) is 0. The molecule has 0 radical (unpaired) electrons.